The van der Waals surface area contributed by atoms with Crippen LogP contribution in [0.2, 0.25) is 0 Å². The van der Waals surface area contributed by atoms with Crippen LogP contribution in [-0.4, -0.2) is 93.9 Å². The van der Waals surface area contributed by atoms with Gasteiger partial charge in [0.25, 0.3) is 5.91 Å². The van der Waals surface area contributed by atoms with Crippen LogP contribution >= 0.6 is 0 Å². The summed E-state index contributed by atoms with van der Waals surface area (Å²) >= 11 is 0. The molecule has 154 valence electrons. The van der Waals surface area contributed by atoms with E-state index >= 15 is 0 Å². The molecule has 1 aromatic heterocycles. The number of hydrogen-bond donors (Lipinski definition) is 0. The minimum Gasteiger partial charge on any atom is -0.378 e. The molecule has 2 saturated heterocycles. The van der Waals surface area contributed by atoms with Crippen molar-refractivity contribution in [3.05, 3.63) is 5.82 Å². The zero-order chi connectivity index (χ0) is 19.6. The van der Waals surface area contributed by atoms with Gasteiger partial charge in [-0.05, 0) is 23.3 Å². The molecule has 10 heteroatoms. The second-order valence-electron chi connectivity index (χ2n) is 7.74. The number of fused-ring (bicyclic) bond motifs is 1. The third-order valence-corrected chi connectivity index (χ3v) is 6.24. The van der Waals surface area contributed by atoms with Gasteiger partial charge < -0.3 is 19.3 Å². The molecule has 0 radical (unpaired) electrons. The van der Waals surface area contributed by atoms with E-state index in [1.807, 2.05) is 9.80 Å². The van der Waals surface area contributed by atoms with E-state index in [0.29, 0.717) is 58.1 Å². The molecule has 1 atom stereocenters. The van der Waals surface area contributed by atoms with E-state index in [0.717, 1.165) is 25.8 Å². The third kappa shape index (κ3) is 3.50. The number of carbonyl (C=O) groups is 2. The number of hydrogen-bond acceptors (Lipinski definition) is 7. The summed E-state index contributed by atoms with van der Waals surface area (Å²) in [6, 6.07) is 0. The Morgan fingerprint density at radius 3 is 2.54 bits per heavy atom. The Morgan fingerprint density at radius 1 is 1.07 bits per heavy atom. The molecule has 0 aromatic carbocycles. The summed E-state index contributed by atoms with van der Waals surface area (Å²) in [5, 5.41) is 11.9. The van der Waals surface area contributed by atoms with Crippen LogP contribution in [0.25, 0.3) is 0 Å². The maximum atomic E-state index is 13.2. The van der Waals surface area contributed by atoms with Crippen molar-refractivity contribution in [2.24, 2.45) is 0 Å². The zero-order valence-corrected chi connectivity index (χ0v) is 16.4. The predicted molar refractivity (Wildman–Crippen MR) is 97.4 cm³/mol. The summed E-state index contributed by atoms with van der Waals surface area (Å²) in [6.45, 7) is 4.07. The number of nitrogens with zero attached hydrogens (tertiary/aromatic N) is 6. The first-order chi connectivity index (χ1) is 13.6. The van der Waals surface area contributed by atoms with Crippen LogP contribution in [0, 0.1) is 0 Å². The SMILES string of the molecule is COC1(C(=O)N2CCOCC2)CCN(C(=O)C2CCCCn3nnnc32)CC1. The van der Waals surface area contributed by atoms with Crippen molar-refractivity contribution in [2.45, 2.75) is 50.2 Å². The van der Waals surface area contributed by atoms with Gasteiger partial charge in [0.2, 0.25) is 5.91 Å². The summed E-state index contributed by atoms with van der Waals surface area (Å²) in [5.74, 6) is 0.434. The van der Waals surface area contributed by atoms with Crippen molar-refractivity contribution in [2.75, 3.05) is 46.5 Å². The normalized spacial score (nSPS) is 25.1. The smallest absolute Gasteiger partial charge is 0.255 e. The maximum Gasteiger partial charge on any atom is 0.255 e. The van der Waals surface area contributed by atoms with Crippen molar-refractivity contribution >= 4 is 11.8 Å². The third-order valence-electron chi connectivity index (χ3n) is 6.24. The number of aryl methyl sites for hydroxylation is 1. The monoisotopic (exact) mass is 392 g/mol. The lowest BCUT2D eigenvalue weighted by Gasteiger charge is -2.43. The number of morpholine rings is 1. The van der Waals surface area contributed by atoms with Gasteiger partial charge in [-0.25, -0.2) is 4.68 Å². The number of tetrazole rings is 1. The van der Waals surface area contributed by atoms with Crippen LogP contribution in [0.3, 0.4) is 0 Å². The molecular weight excluding hydrogens is 364 g/mol. The van der Waals surface area contributed by atoms with Crippen LogP contribution in [0.1, 0.15) is 43.8 Å². The van der Waals surface area contributed by atoms with Crippen LogP contribution in [-0.2, 0) is 25.6 Å². The Labute approximate surface area is 164 Å². The highest BCUT2D eigenvalue weighted by Crippen LogP contribution is 2.32. The molecule has 2 amide bonds. The first kappa shape index (κ1) is 19.3. The van der Waals surface area contributed by atoms with Gasteiger partial charge in [-0.1, -0.05) is 6.42 Å². The lowest BCUT2D eigenvalue weighted by atomic mass is 9.88. The summed E-state index contributed by atoms with van der Waals surface area (Å²) < 4.78 is 12.8. The summed E-state index contributed by atoms with van der Waals surface area (Å²) in [5.41, 5.74) is -0.848. The average Bonchev–Trinajstić information content (AvgIpc) is 3.12. The number of piperidine rings is 1. The predicted octanol–water partition coefficient (Wildman–Crippen LogP) is -0.193. The molecule has 4 heterocycles. The van der Waals surface area contributed by atoms with Crippen molar-refractivity contribution in [3.8, 4) is 0 Å². The van der Waals surface area contributed by atoms with Crippen molar-refractivity contribution < 1.29 is 19.1 Å². The molecule has 0 aliphatic carbocycles. The Hall–Kier alpha value is -2.07. The standard InChI is InChI=1S/C18H28N6O4/c1-27-18(17(26)23-10-12-28-13-11-23)5-8-22(9-6-18)16(25)14-4-2-3-7-24-15(14)19-20-21-24/h14H,2-13H2,1H3. The van der Waals surface area contributed by atoms with E-state index in [1.165, 1.54) is 0 Å². The number of aromatic nitrogens is 4. The second kappa shape index (κ2) is 8.12. The Kier molecular flexibility index (Phi) is 5.58. The van der Waals surface area contributed by atoms with Gasteiger partial charge in [0.1, 0.15) is 5.60 Å². The molecule has 3 aliphatic heterocycles. The molecule has 2 fully saturated rings. The van der Waals surface area contributed by atoms with E-state index in [4.69, 9.17) is 9.47 Å². The van der Waals surface area contributed by atoms with Gasteiger partial charge in [0, 0.05) is 52.7 Å². The molecular formula is C18H28N6O4. The highest BCUT2D eigenvalue weighted by molar-refractivity contribution is 5.87. The number of rotatable bonds is 3. The highest BCUT2D eigenvalue weighted by Gasteiger charge is 2.46. The summed E-state index contributed by atoms with van der Waals surface area (Å²) in [4.78, 5) is 29.9. The fourth-order valence-electron chi connectivity index (χ4n) is 4.46. The second-order valence-corrected chi connectivity index (χ2v) is 7.74. The van der Waals surface area contributed by atoms with Gasteiger partial charge in [0.15, 0.2) is 5.82 Å². The summed E-state index contributed by atoms with van der Waals surface area (Å²) in [7, 11) is 1.59. The molecule has 0 bridgehead atoms. The zero-order valence-electron chi connectivity index (χ0n) is 16.4. The van der Waals surface area contributed by atoms with Crippen molar-refractivity contribution in [1.82, 2.24) is 30.0 Å². The Bertz CT molecular complexity index is 709. The largest absolute Gasteiger partial charge is 0.378 e. The van der Waals surface area contributed by atoms with E-state index in [1.54, 1.807) is 11.8 Å². The number of likely N-dealkylation sites (tertiary alicyclic amines) is 1. The van der Waals surface area contributed by atoms with Crippen LogP contribution in [0.5, 0.6) is 0 Å². The lowest BCUT2D eigenvalue weighted by molar-refractivity contribution is -0.167. The van der Waals surface area contributed by atoms with Gasteiger partial charge in [0.05, 0.1) is 19.1 Å². The topological polar surface area (TPSA) is 103 Å². The van der Waals surface area contributed by atoms with Gasteiger partial charge in [-0.2, -0.15) is 0 Å². The molecule has 1 aromatic rings. The lowest BCUT2D eigenvalue weighted by Crippen LogP contribution is -2.58. The quantitative estimate of drug-likeness (QED) is 0.702. The average molecular weight is 392 g/mol. The minimum atomic E-state index is -0.848. The number of ether oxygens (including phenoxy) is 2. The van der Waals surface area contributed by atoms with Crippen LogP contribution in [0.4, 0.5) is 0 Å². The Balaban J connectivity index is 1.43. The van der Waals surface area contributed by atoms with Gasteiger partial charge >= 0.3 is 0 Å². The molecule has 28 heavy (non-hydrogen) atoms. The molecule has 1 unspecified atom stereocenters. The van der Waals surface area contributed by atoms with Gasteiger partial charge in [-0.15, -0.1) is 5.10 Å². The first-order valence-corrected chi connectivity index (χ1v) is 10.1. The molecule has 0 N–H and O–H groups in total. The van der Waals surface area contributed by atoms with Crippen LogP contribution < -0.4 is 0 Å². The maximum absolute atomic E-state index is 13.2. The molecule has 0 saturated carbocycles. The first-order valence-electron chi connectivity index (χ1n) is 10.1. The highest BCUT2D eigenvalue weighted by atomic mass is 16.5. The number of methoxy groups -OCH3 is 1. The van der Waals surface area contributed by atoms with E-state index in [9.17, 15) is 9.59 Å². The van der Waals surface area contributed by atoms with Crippen molar-refractivity contribution in [3.63, 3.8) is 0 Å². The van der Waals surface area contributed by atoms with Crippen molar-refractivity contribution in [1.29, 1.82) is 0 Å². The Morgan fingerprint density at radius 2 is 1.82 bits per heavy atom. The van der Waals surface area contributed by atoms with E-state index in [-0.39, 0.29) is 17.7 Å². The molecule has 10 nitrogen and oxygen atoms in total. The molecule has 3 aliphatic rings. The summed E-state index contributed by atoms with van der Waals surface area (Å²) in [6.07, 6.45) is 3.71. The van der Waals surface area contributed by atoms with Gasteiger partial charge in [-0.3, -0.25) is 9.59 Å². The minimum absolute atomic E-state index is 0.0174. The molecule has 4 rings (SSSR count). The fourth-order valence-corrected chi connectivity index (χ4v) is 4.46. The number of amides is 2. The molecule has 0 spiro atoms. The van der Waals surface area contributed by atoms with E-state index < -0.39 is 5.60 Å². The number of carbonyl (C=O) groups excluding carboxylic acids is 2. The fraction of sp³-hybridized carbons (Fsp3) is 0.833. The van der Waals surface area contributed by atoms with Crippen LogP contribution in [0.15, 0.2) is 0 Å². The van der Waals surface area contributed by atoms with E-state index in [2.05, 4.69) is 15.5 Å².